The van der Waals surface area contributed by atoms with Crippen molar-refractivity contribution in [1.29, 1.82) is 0 Å². The van der Waals surface area contributed by atoms with Gasteiger partial charge in [0.1, 0.15) is 0 Å². The van der Waals surface area contributed by atoms with Gasteiger partial charge in [0.25, 0.3) is 0 Å². The van der Waals surface area contributed by atoms with Crippen LogP contribution in [0.15, 0.2) is 0 Å². The number of aliphatic hydroxyl groups is 1. The molecule has 2 aliphatic rings. The second-order valence-corrected chi connectivity index (χ2v) is 5.10. The number of hydrogen-bond donors (Lipinski definition) is 1. The lowest BCUT2D eigenvalue weighted by molar-refractivity contribution is -0.0404. The Balaban J connectivity index is 1.77. The predicted molar refractivity (Wildman–Crippen MR) is 67.6 cm³/mol. The molecule has 106 valence electrons. The fourth-order valence-corrected chi connectivity index (χ4v) is 2.67. The first kappa shape index (κ1) is 14.2. The molecule has 18 heavy (non-hydrogen) atoms. The van der Waals surface area contributed by atoms with Crippen molar-refractivity contribution in [2.24, 2.45) is 5.92 Å². The summed E-state index contributed by atoms with van der Waals surface area (Å²) in [5.41, 5.74) is 0. The van der Waals surface area contributed by atoms with Crippen LogP contribution >= 0.6 is 0 Å². The first-order chi connectivity index (χ1) is 8.90. The first-order valence-electron chi connectivity index (χ1n) is 6.98. The van der Waals surface area contributed by atoms with Crippen molar-refractivity contribution >= 4 is 0 Å². The van der Waals surface area contributed by atoms with Crippen LogP contribution in [0.3, 0.4) is 0 Å². The minimum absolute atomic E-state index is 0.266. The van der Waals surface area contributed by atoms with Crippen LogP contribution in [0.2, 0.25) is 0 Å². The molecule has 2 rings (SSSR count). The lowest BCUT2D eigenvalue weighted by atomic mass is 10.1. The monoisotopic (exact) mass is 259 g/mol. The summed E-state index contributed by atoms with van der Waals surface area (Å²) in [6.07, 6.45) is 2.30. The second-order valence-electron chi connectivity index (χ2n) is 5.10. The van der Waals surface area contributed by atoms with E-state index in [1.807, 2.05) is 0 Å². The van der Waals surface area contributed by atoms with Crippen LogP contribution in [0.4, 0.5) is 0 Å². The highest BCUT2D eigenvalue weighted by Crippen LogP contribution is 2.18. The van der Waals surface area contributed by atoms with Gasteiger partial charge in [-0.2, -0.15) is 0 Å². The molecule has 0 aromatic rings. The maximum absolute atomic E-state index is 9.33. The summed E-state index contributed by atoms with van der Waals surface area (Å²) >= 11 is 0. The molecule has 0 aromatic carbocycles. The Kier molecular flexibility index (Phi) is 6.37. The van der Waals surface area contributed by atoms with Gasteiger partial charge in [0.2, 0.25) is 0 Å². The maximum Gasteiger partial charge on any atom is 0.0701 e. The summed E-state index contributed by atoms with van der Waals surface area (Å²) in [6.45, 7) is 6.40. The Hall–Kier alpha value is -0.200. The molecule has 0 spiro atoms. The zero-order valence-corrected chi connectivity index (χ0v) is 11.1. The minimum Gasteiger partial charge on any atom is -0.395 e. The highest BCUT2D eigenvalue weighted by atomic mass is 16.5. The van der Waals surface area contributed by atoms with E-state index in [1.165, 1.54) is 6.42 Å². The molecule has 0 radical (unpaired) electrons. The molecule has 2 fully saturated rings. The average molecular weight is 259 g/mol. The molecule has 0 bridgehead atoms. The van der Waals surface area contributed by atoms with E-state index in [9.17, 15) is 5.11 Å². The third-order valence-corrected chi connectivity index (χ3v) is 3.65. The third-order valence-electron chi connectivity index (χ3n) is 3.65. The minimum atomic E-state index is 0.266. The van der Waals surface area contributed by atoms with Crippen LogP contribution in [-0.4, -0.2) is 75.4 Å². The molecular weight excluding hydrogens is 234 g/mol. The number of likely N-dealkylation sites (tertiary alicyclic amines) is 1. The summed E-state index contributed by atoms with van der Waals surface area (Å²) in [5, 5.41) is 9.33. The third kappa shape index (κ3) is 4.48. The van der Waals surface area contributed by atoms with Gasteiger partial charge in [0.05, 0.1) is 46.2 Å². The highest BCUT2D eigenvalue weighted by molar-refractivity contribution is 4.80. The molecule has 0 aliphatic carbocycles. The topological polar surface area (TPSA) is 51.2 Å². The largest absolute Gasteiger partial charge is 0.395 e. The fraction of sp³-hybridized carbons (Fsp3) is 1.00. The molecular formula is C13H25NO4. The van der Waals surface area contributed by atoms with Gasteiger partial charge in [-0.05, 0) is 19.4 Å². The van der Waals surface area contributed by atoms with Crippen molar-refractivity contribution in [2.45, 2.75) is 18.9 Å². The smallest absolute Gasteiger partial charge is 0.0701 e. The van der Waals surface area contributed by atoms with E-state index in [-0.39, 0.29) is 6.61 Å². The Bertz CT molecular complexity index is 217. The van der Waals surface area contributed by atoms with Crippen molar-refractivity contribution in [3.05, 3.63) is 0 Å². The van der Waals surface area contributed by atoms with Gasteiger partial charge in [-0.15, -0.1) is 0 Å². The number of ether oxygens (including phenoxy) is 3. The molecule has 0 saturated carbocycles. The van der Waals surface area contributed by atoms with E-state index in [1.54, 1.807) is 0 Å². The Morgan fingerprint density at radius 2 is 1.67 bits per heavy atom. The quantitative estimate of drug-likeness (QED) is 0.780. The Morgan fingerprint density at radius 1 is 1.00 bits per heavy atom. The zero-order valence-electron chi connectivity index (χ0n) is 11.1. The summed E-state index contributed by atoms with van der Waals surface area (Å²) in [5.74, 6) is 0.398. The van der Waals surface area contributed by atoms with E-state index in [0.29, 0.717) is 38.4 Å². The number of rotatable bonds is 3. The molecule has 1 atom stereocenters. The Labute approximate surface area is 109 Å². The summed E-state index contributed by atoms with van der Waals surface area (Å²) in [6, 6.07) is 0.337. The van der Waals surface area contributed by atoms with E-state index in [0.717, 1.165) is 32.7 Å². The number of nitrogens with zero attached hydrogens (tertiary/aromatic N) is 1. The van der Waals surface area contributed by atoms with Gasteiger partial charge in [0.15, 0.2) is 0 Å². The van der Waals surface area contributed by atoms with Crippen LogP contribution in [0, 0.1) is 5.92 Å². The summed E-state index contributed by atoms with van der Waals surface area (Å²) < 4.78 is 16.5. The van der Waals surface area contributed by atoms with Gasteiger partial charge >= 0.3 is 0 Å². The van der Waals surface area contributed by atoms with Crippen LogP contribution in [0.1, 0.15) is 12.8 Å². The molecule has 0 aromatic heterocycles. The number of hydrogen-bond acceptors (Lipinski definition) is 5. The van der Waals surface area contributed by atoms with E-state index in [4.69, 9.17) is 14.2 Å². The molecule has 2 aliphatic heterocycles. The maximum atomic E-state index is 9.33. The standard InChI is InChI=1S/C13H25NO4/c15-9-13-2-1-3-14(13)8-12-10-17-6-4-16-5-7-18-11-12/h12-13,15H,1-11H2/t13-/m0/s1. The highest BCUT2D eigenvalue weighted by Gasteiger charge is 2.26. The van der Waals surface area contributed by atoms with Crippen LogP contribution in [0.25, 0.3) is 0 Å². The van der Waals surface area contributed by atoms with Crippen LogP contribution < -0.4 is 0 Å². The molecule has 5 nitrogen and oxygen atoms in total. The molecule has 0 unspecified atom stereocenters. The van der Waals surface area contributed by atoms with E-state index >= 15 is 0 Å². The van der Waals surface area contributed by atoms with Gasteiger partial charge in [-0.25, -0.2) is 0 Å². The Morgan fingerprint density at radius 3 is 2.33 bits per heavy atom. The van der Waals surface area contributed by atoms with Gasteiger partial charge in [-0.3, -0.25) is 4.90 Å². The fourth-order valence-electron chi connectivity index (χ4n) is 2.67. The van der Waals surface area contributed by atoms with Crippen LogP contribution in [-0.2, 0) is 14.2 Å². The summed E-state index contributed by atoms with van der Waals surface area (Å²) in [4.78, 5) is 2.37. The van der Waals surface area contributed by atoms with E-state index < -0.39 is 0 Å². The lowest BCUT2D eigenvalue weighted by Gasteiger charge is -2.28. The van der Waals surface area contributed by atoms with Gasteiger partial charge in [0, 0.05) is 18.5 Å². The zero-order chi connectivity index (χ0) is 12.6. The molecule has 5 heteroatoms. The van der Waals surface area contributed by atoms with Crippen molar-refractivity contribution in [3.63, 3.8) is 0 Å². The number of aliphatic hydroxyl groups excluding tert-OH is 1. The van der Waals surface area contributed by atoms with E-state index in [2.05, 4.69) is 4.90 Å². The summed E-state index contributed by atoms with van der Waals surface area (Å²) in [7, 11) is 0. The first-order valence-corrected chi connectivity index (χ1v) is 6.98. The van der Waals surface area contributed by atoms with Gasteiger partial charge in [-0.1, -0.05) is 0 Å². The molecule has 2 saturated heterocycles. The molecule has 0 amide bonds. The van der Waals surface area contributed by atoms with Crippen molar-refractivity contribution in [2.75, 3.05) is 59.3 Å². The predicted octanol–water partition coefficient (Wildman–Crippen LogP) is 0.123. The second kappa shape index (κ2) is 8.07. The van der Waals surface area contributed by atoms with Gasteiger partial charge < -0.3 is 19.3 Å². The lowest BCUT2D eigenvalue weighted by Crippen LogP contribution is -2.39. The SMILES string of the molecule is OC[C@@H]1CCCN1CC1COCCOCCOC1. The van der Waals surface area contributed by atoms with Crippen molar-refractivity contribution < 1.29 is 19.3 Å². The normalized spacial score (nSPS) is 29.5. The van der Waals surface area contributed by atoms with Crippen molar-refractivity contribution in [3.8, 4) is 0 Å². The molecule has 2 heterocycles. The van der Waals surface area contributed by atoms with Crippen LogP contribution in [0.5, 0.6) is 0 Å². The van der Waals surface area contributed by atoms with Crippen molar-refractivity contribution in [1.82, 2.24) is 4.90 Å². The molecule has 1 N–H and O–H groups in total. The average Bonchev–Trinajstić information content (AvgIpc) is 2.84.